The molecule has 0 spiro atoms. The van der Waals surface area contributed by atoms with Crippen LogP contribution in [0.1, 0.15) is 38.8 Å². The number of aromatic nitrogens is 2. The van der Waals surface area contributed by atoms with Crippen molar-refractivity contribution in [3.8, 4) is 0 Å². The van der Waals surface area contributed by atoms with Crippen molar-refractivity contribution < 1.29 is 4.92 Å². The van der Waals surface area contributed by atoms with E-state index in [0.29, 0.717) is 18.1 Å². The molecule has 94 valence electrons. The zero-order chi connectivity index (χ0) is 12.6. The molecule has 0 aliphatic heterocycles. The lowest BCUT2D eigenvalue weighted by Gasteiger charge is -2.39. The molecule has 17 heavy (non-hydrogen) atoms. The lowest BCUT2D eigenvalue weighted by molar-refractivity contribution is -0.384. The molecule has 2 rings (SSSR count). The molecule has 0 radical (unpaired) electrons. The molecular weight excluding hydrogens is 220 g/mol. The number of aryl methyl sites for hydroxylation is 2. The molecule has 0 aromatic carbocycles. The summed E-state index contributed by atoms with van der Waals surface area (Å²) in [5.74, 6) is 0.553. The number of hydrogen-bond acceptors (Lipinski definition) is 4. The second kappa shape index (κ2) is 4.01. The van der Waals surface area contributed by atoms with Gasteiger partial charge in [-0.25, -0.2) is 4.68 Å². The van der Waals surface area contributed by atoms with Crippen molar-refractivity contribution in [3.05, 3.63) is 15.8 Å². The van der Waals surface area contributed by atoms with Crippen LogP contribution < -0.4 is 5.32 Å². The number of anilines is 1. The monoisotopic (exact) mass is 238 g/mol. The van der Waals surface area contributed by atoms with Crippen LogP contribution in [0.25, 0.3) is 0 Å². The summed E-state index contributed by atoms with van der Waals surface area (Å²) in [4.78, 5) is 10.7. The molecule has 0 bridgehead atoms. The number of nitro groups is 1. The van der Waals surface area contributed by atoms with Crippen molar-refractivity contribution >= 4 is 11.5 Å². The Balaban J connectivity index is 2.38. The van der Waals surface area contributed by atoms with Gasteiger partial charge in [-0.3, -0.25) is 10.1 Å². The zero-order valence-corrected chi connectivity index (χ0v) is 10.5. The molecule has 1 saturated carbocycles. The summed E-state index contributed by atoms with van der Waals surface area (Å²) in [6, 6.07) is 0. The third-order valence-corrected chi connectivity index (χ3v) is 3.46. The summed E-state index contributed by atoms with van der Waals surface area (Å²) in [6.07, 6.45) is 3.28. The molecule has 1 N–H and O–H groups in total. The Bertz CT molecular complexity index is 449. The first kappa shape index (κ1) is 11.9. The zero-order valence-electron chi connectivity index (χ0n) is 10.5. The Morgan fingerprint density at radius 1 is 1.59 bits per heavy atom. The molecule has 1 aromatic rings. The summed E-state index contributed by atoms with van der Waals surface area (Å²) >= 11 is 0. The van der Waals surface area contributed by atoms with E-state index in [2.05, 4.69) is 17.3 Å². The van der Waals surface area contributed by atoms with Crippen LogP contribution in [0.15, 0.2) is 0 Å². The van der Waals surface area contributed by atoms with Crippen LogP contribution in [0.4, 0.5) is 11.5 Å². The maximum Gasteiger partial charge on any atom is 0.333 e. The van der Waals surface area contributed by atoms with Crippen LogP contribution in [0.5, 0.6) is 0 Å². The van der Waals surface area contributed by atoms with Crippen LogP contribution in [0.3, 0.4) is 0 Å². The van der Waals surface area contributed by atoms with Gasteiger partial charge >= 0.3 is 5.69 Å². The van der Waals surface area contributed by atoms with Crippen LogP contribution in [0.2, 0.25) is 0 Å². The molecule has 0 unspecified atom stereocenters. The Kier molecular flexibility index (Phi) is 2.81. The minimum absolute atomic E-state index is 0.00977. The van der Waals surface area contributed by atoms with Gasteiger partial charge in [-0.1, -0.05) is 0 Å². The van der Waals surface area contributed by atoms with Crippen molar-refractivity contribution in [2.75, 3.05) is 5.32 Å². The average Bonchev–Trinajstić information content (AvgIpc) is 2.52. The normalized spacial score (nSPS) is 17.6. The highest BCUT2D eigenvalue weighted by Crippen LogP contribution is 2.38. The van der Waals surface area contributed by atoms with Gasteiger partial charge in [0.25, 0.3) is 0 Å². The van der Waals surface area contributed by atoms with Crippen molar-refractivity contribution in [1.82, 2.24) is 9.78 Å². The van der Waals surface area contributed by atoms with E-state index < -0.39 is 0 Å². The first-order valence-corrected chi connectivity index (χ1v) is 5.97. The third kappa shape index (κ3) is 1.99. The van der Waals surface area contributed by atoms with Crippen molar-refractivity contribution in [2.45, 2.75) is 52.1 Å². The molecule has 0 atom stereocenters. The predicted molar refractivity (Wildman–Crippen MR) is 65.2 cm³/mol. The number of nitrogens with zero attached hydrogens (tertiary/aromatic N) is 3. The highest BCUT2D eigenvalue weighted by Gasteiger charge is 2.36. The molecule has 6 heteroatoms. The van der Waals surface area contributed by atoms with Gasteiger partial charge in [0, 0.05) is 12.1 Å². The first-order chi connectivity index (χ1) is 7.97. The van der Waals surface area contributed by atoms with Crippen LogP contribution >= 0.6 is 0 Å². The fraction of sp³-hybridized carbons (Fsp3) is 0.727. The molecule has 1 aliphatic carbocycles. The van der Waals surface area contributed by atoms with Gasteiger partial charge in [0.05, 0.1) is 4.92 Å². The fourth-order valence-corrected chi connectivity index (χ4v) is 2.26. The van der Waals surface area contributed by atoms with Crippen LogP contribution in [-0.4, -0.2) is 20.2 Å². The summed E-state index contributed by atoms with van der Waals surface area (Å²) < 4.78 is 1.68. The summed E-state index contributed by atoms with van der Waals surface area (Å²) in [5.41, 5.74) is 0.576. The topological polar surface area (TPSA) is 73.0 Å². The van der Waals surface area contributed by atoms with Crippen molar-refractivity contribution in [3.63, 3.8) is 0 Å². The molecule has 1 fully saturated rings. The van der Waals surface area contributed by atoms with Gasteiger partial charge in [-0.15, -0.1) is 0 Å². The van der Waals surface area contributed by atoms with Gasteiger partial charge in [-0.2, -0.15) is 5.10 Å². The first-order valence-electron chi connectivity index (χ1n) is 5.97. The lowest BCUT2D eigenvalue weighted by atomic mass is 9.78. The third-order valence-electron chi connectivity index (χ3n) is 3.46. The summed E-state index contributed by atoms with van der Waals surface area (Å²) in [5, 5.41) is 18.6. The number of hydrogen-bond donors (Lipinski definition) is 1. The predicted octanol–water partition coefficient (Wildman–Crippen LogP) is 2.47. The highest BCUT2D eigenvalue weighted by molar-refractivity contribution is 5.61. The van der Waals surface area contributed by atoms with Gasteiger partial charge in [0.15, 0.2) is 0 Å². The van der Waals surface area contributed by atoms with Gasteiger partial charge in [0.1, 0.15) is 5.69 Å². The van der Waals surface area contributed by atoms with Gasteiger partial charge < -0.3 is 5.32 Å². The van der Waals surface area contributed by atoms with E-state index in [1.807, 2.05) is 6.92 Å². The maximum absolute atomic E-state index is 11.1. The SMILES string of the molecule is CCn1nc(C)c([N+](=O)[O-])c1NC1(C)CCC1. The van der Waals surface area contributed by atoms with Crippen molar-refractivity contribution in [1.29, 1.82) is 0 Å². The van der Waals surface area contributed by atoms with E-state index in [0.717, 1.165) is 12.8 Å². The fourth-order valence-electron chi connectivity index (χ4n) is 2.26. The van der Waals surface area contributed by atoms with Crippen LogP contribution in [0, 0.1) is 17.0 Å². The Hall–Kier alpha value is -1.59. The van der Waals surface area contributed by atoms with Crippen LogP contribution in [-0.2, 0) is 6.54 Å². The van der Waals surface area contributed by atoms with E-state index in [4.69, 9.17) is 0 Å². The minimum Gasteiger partial charge on any atom is -0.359 e. The second-order valence-electron chi connectivity index (χ2n) is 4.89. The van der Waals surface area contributed by atoms with E-state index in [1.165, 1.54) is 6.42 Å². The van der Waals surface area contributed by atoms with Crippen molar-refractivity contribution in [2.24, 2.45) is 0 Å². The van der Waals surface area contributed by atoms with E-state index in [-0.39, 0.29) is 16.1 Å². The Morgan fingerprint density at radius 3 is 2.65 bits per heavy atom. The van der Waals surface area contributed by atoms with Gasteiger partial charge in [-0.05, 0) is 40.0 Å². The lowest BCUT2D eigenvalue weighted by Crippen LogP contribution is -2.42. The molecule has 0 amide bonds. The summed E-state index contributed by atoms with van der Waals surface area (Å²) in [7, 11) is 0. The maximum atomic E-state index is 11.1. The van der Waals surface area contributed by atoms with E-state index in [1.54, 1.807) is 11.6 Å². The number of rotatable bonds is 4. The largest absolute Gasteiger partial charge is 0.359 e. The number of nitrogens with one attached hydrogen (secondary N) is 1. The molecule has 6 nitrogen and oxygen atoms in total. The molecule has 1 aromatic heterocycles. The summed E-state index contributed by atoms with van der Waals surface area (Å²) in [6.45, 7) is 6.35. The Labute approximate surface area is 100 Å². The smallest absolute Gasteiger partial charge is 0.333 e. The highest BCUT2D eigenvalue weighted by atomic mass is 16.6. The average molecular weight is 238 g/mol. The molecule has 0 saturated heterocycles. The minimum atomic E-state index is -0.348. The van der Waals surface area contributed by atoms with E-state index in [9.17, 15) is 10.1 Å². The quantitative estimate of drug-likeness (QED) is 0.646. The van der Waals surface area contributed by atoms with Gasteiger partial charge in [0.2, 0.25) is 5.82 Å². The van der Waals surface area contributed by atoms with E-state index >= 15 is 0 Å². The molecule has 1 heterocycles. The second-order valence-corrected chi connectivity index (χ2v) is 4.89. The Morgan fingerprint density at radius 2 is 2.24 bits per heavy atom. The molecular formula is C11H18N4O2. The standard InChI is InChI=1S/C11H18N4O2/c1-4-14-10(12-11(3)6-5-7-11)9(15(16)17)8(2)13-14/h12H,4-7H2,1-3H3. The molecule has 1 aliphatic rings.